The van der Waals surface area contributed by atoms with Gasteiger partial charge in [0.25, 0.3) is 0 Å². The van der Waals surface area contributed by atoms with Gasteiger partial charge in [-0.2, -0.15) is 0 Å². The van der Waals surface area contributed by atoms with E-state index in [-0.39, 0.29) is 24.0 Å². The van der Waals surface area contributed by atoms with Crippen LogP contribution in [0.5, 0.6) is 0 Å². The van der Waals surface area contributed by atoms with Crippen LogP contribution in [0, 0.1) is 5.92 Å². The Kier molecular flexibility index (Phi) is 12.8. The molecule has 1 aliphatic rings. The van der Waals surface area contributed by atoms with Crippen LogP contribution < -0.4 is 10.6 Å². The SMILES string of the molecule is CCNC(=NCc1cccc(Cn2ccnc2)c1)NCC(C(CC)CC)N1CCOCC1.I. The largest absolute Gasteiger partial charge is 0.379 e. The van der Waals surface area contributed by atoms with E-state index in [2.05, 4.69) is 70.1 Å². The van der Waals surface area contributed by atoms with Gasteiger partial charge in [-0.15, -0.1) is 24.0 Å². The maximum atomic E-state index is 5.59. The molecule has 0 bridgehead atoms. The predicted molar refractivity (Wildman–Crippen MR) is 146 cm³/mol. The lowest BCUT2D eigenvalue weighted by Crippen LogP contribution is -2.53. The Balaban J connectivity index is 0.00000385. The second-order valence-electron chi connectivity index (χ2n) is 8.42. The molecule has 1 fully saturated rings. The van der Waals surface area contributed by atoms with E-state index < -0.39 is 0 Å². The van der Waals surface area contributed by atoms with E-state index in [1.807, 2.05) is 18.7 Å². The molecule has 1 aromatic heterocycles. The molecule has 0 amide bonds. The number of aromatic nitrogens is 2. The third kappa shape index (κ3) is 8.90. The van der Waals surface area contributed by atoms with Crippen molar-refractivity contribution in [2.75, 3.05) is 39.4 Å². The lowest BCUT2D eigenvalue weighted by Gasteiger charge is -2.39. The van der Waals surface area contributed by atoms with Gasteiger partial charge in [-0.25, -0.2) is 9.98 Å². The van der Waals surface area contributed by atoms with Crippen LogP contribution >= 0.6 is 24.0 Å². The molecule has 0 spiro atoms. The minimum absolute atomic E-state index is 0. The Morgan fingerprint density at radius 1 is 1.12 bits per heavy atom. The Bertz CT molecular complexity index is 803. The highest BCUT2D eigenvalue weighted by Gasteiger charge is 2.27. The number of hydrogen-bond acceptors (Lipinski definition) is 4. The first-order chi connectivity index (χ1) is 15.7. The van der Waals surface area contributed by atoms with Crippen LogP contribution in [0.4, 0.5) is 0 Å². The van der Waals surface area contributed by atoms with Gasteiger partial charge in [-0.05, 0) is 24.0 Å². The lowest BCUT2D eigenvalue weighted by atomic mass is 9.92. The summed E-state index contributed by atoms with van der Waals surface area (Å²) >= 11 is 0. The summed E-state index contributed by atoms with van der Waals surface area (Å²) in [5.74, 6) is 1.56. The van der Waals surface area contributed by atoms with Crippen LogP contribution in [0.2, 0.25) is 0 Å². The minimum atomic E-state index is 0. The molecule has 1 unspecified atom stereocenters. The fourth-order valence-electron chi connectivity index (χ4n) is 4.47. The average molecular weight is 569 g/mol. The van der Waals surface area contributed by atoms with E-state index in [1.54, 1.807) is 0 Å². The summed E-state index contributed by atoms with van der Waals surface area (Å²) in [4.78, 5) is 11.6. The van der Waals surface area contributed by atoms with Crippen LogP contribution in [0.15, 0.2) is 48.0 Å². The first-order valence-electron chi connectivity index (χ1n) is 12.1. The molecule has 8 heteroatoms. The maximum absolute atomic E-state index is 5.59. The van der Waals surface area contributed by atoms with Crippen molar-refractivity contribution in [1.29, 1.82) is 0 Å². The first kappa shape index (κ1) is 27.6. The number of aliphatic imine (C=N–C) groups is 1. The number of hydrogen-bond donors (Lipinski definition) is 2. The molecule has 2 heterocycles. The molecule has 184 valence electrons. The first-order valence-corrected chi connectivity index (χ1v) is 12.1. The maximum Gasteiger partial charge on any atom is 0.191 e. The second-order valence-corrected chi connectivity index (χ2v) is 8.42. The Morgan fingerprint density at radius 3 is 2.55 bits per heavy atom. The molecule has 0 radical (unpaired) electrons. The number of rotatable bonds is 11. The molecule has 2 aromatic rings. The highest BCUT2D eigenvalue weighted by atomic mass is 127. The zero-order valence-corrected chi connectivity index (χ0v) is 22.7. The lowest BCUT2D eigenvalue weighted by molar-refractivity contribution is 0.00272. The van der Waals surface area contributed by atoms with Crippen molar-refractivity contribution in [3.8, 4) is 0 Å². The fraction of sp³-hybridized carbons (Fsp3) is 0.600. The van der Waals surface area contributed by atoms with Gasteiger partial charge in [0.1, 0.15) is 0 Å². The number of morpholine rings is 1. The van der Waals surface area contributed by atoms with Crippen molar-refractivity contribution in [3.63, 3.8) is 0 Å². The number of ether oxygens (including phenoxy) is 1. The van der Waals surface area contributed by atoms with Crippen molar-refractivity contribution < 1.29 is 4.74 Å². The predicted octanol–water partition coefficient (Wildman–Crippen LogP) is 3.74. The van der Waals surface area contributed by atoms with E-state index in [1.165, 1.54) is 24.0 Å². The monoisotopic (exact) mass is 568 g/mol. The van der Waals surface area contributed by atoms with E-state index in [0.717, 1.165) is 51.9 Å². The van der Waals surface area contributed by atoms with Crippen molar-refractivity contribution in [2.45, 2.75) is 52.7 Å². The third-order valence-corrected chi connectivity index (χ3v) is 6.27. The summed E-state index contributed by atoms with van der Waals surface area (Å²) in [5, 5.41) is 7.05. The van der Waals surface area contributed by atoms with Crippen molar-refractivity contribution in [2.24, 2.45) is 10.9 Å². The zero-order valence-electron chi connectivity index (χ0n) is 20.4. The van der Waals surface area contributed by atoms with Crippen molar-refractivity contribution in [1.82, 2.24) is 25.1 Å². The van der Waals surface area contributed by atoms with Gasteiger partial charge in [0.05, 0.1) is 26.1 Å². The van der Waals surface area contributed by atoms with Crippen LogP contribution in [0.3, 0.4) is 0 Å². The van der Waals surface area contributed by atoms with Crippen LogP contribution in [0.25, 0.3) is 0 Å². The standard InChI is InChI=1S/C25H40N6O.HI/c1-4-23(5-2)24(31-12-14-32-15-13-31)18-29-25(27-6-3)28-17-21-8-7-9-22(16-21)19-30-11-10-26-20-30;/h7-11,16,20,23-24H,4-6,12-15,17-19H2,1-3H3,(H2,27,28,29);1H. The number of benzene rings is 1. The van der Waals surface area contributed by atoms with Gasteiger partial charge in [-0.3, -0.25) is 4.90 Å². The topological polar surface area (TPSA) is 66.7 Å². The molecule has 1 saturated heterocycles. The third-order valence-electron chi connectivity index (χ3n) is 6.27. The molecule has 1 aromatic carbocycles. The van der Waals surface area contributed by atoms with E-state index >= 15 is 0 Å². The van der Waals surface area contributed by atoms with Crippen LogP contribution in [0.1, 0.15) is 44.7 Å². The van der Waals surface area contributed by atoms with Crippen LogP contribution in [-0.2, 0) is 17.8 Å². The van der Waals surface area contributed by atoms with Gasteiger partial charge in [-0.1, -0.05) is 51.0 Å². The van der Waals surface area contributed by atoms with Gasteiger partial charge < -0.3 is 19.9 Å². The molecule has 0 saturated carbocycles. The normalized spacial score (nSPS) is 15.8. The number of nitrogens with one attached hydrogen (secondary N) is 2. The molecule has 0 aliphatic carbocycles. The highest BCUT2D eigenvalue weighted by Crippen LogP contribution is 2.19. The number of halogens is 1. The summed E-state index contributed by atoms with van der Waals surface area (Å²) in [5.41, 5.74) is 2.47. The fourth-order valence-corrected chi connectivity index (χ4v) is 4.47. The van der Waals surface area contributed by atoms with Gasteiger partial charge in [0.2, 0.25) is 0 Å². The Hall–Kier alpha value is -1.65. The summed E-state index contributed by atoms with van der Waals surface area (Å²) < 4.78 is 7.67. The average Bonchev–Trinajstić information content (AvgIpc) is 3.34. The minimum Gasteiger partial charge on any atom is -0.379 e. The highest BCUT2D eigenvalue weighted by molar-refractivity contribution is 14.0. The quantitative estimate of drug-likeness (QED) is 0.246. The molecule has 1 atom stereocenters. The van der Waals surface area contributed by atoms with Crippen LogP contribution in [-0.4, -0.2) is 65.8 Å². The summed E-state index contributed by atoms with van der Waals surface area (Å²) in [6, 6.07) is 9.13. The summed E-state index contributed by atoms with van der Waals surface area (Å²) in [6.45, 7) is 13.6. The molecule has 7 nitrogen and oxygen atoms in total. The Morgan fingerprint density at radius 2 is 1.88 bits per heavy atom. The molecule has 1 aliphatic heterocycles. The van der Waals surface area contributed by atoms with Crippen molar-refractivity contribution >= 4 is 29.9 Å². The van der Waals surface area contributed by atoms with E-state index in [9.17, 15) is 0 Å². The number of imidazole rings is 1. The van der Waals surface area contributed by atoms with Gasteiger partial charge in [0, 0.05) is 51.2 Å². The summed E-state index contributed by atoms with van der Waals surface area (Å²) in [7, 11) is 0. The smallest absolute Gasteiger partial charge is 0.191 e. The molecule has 33 heavy (non-hydrogen) atoms. The molecular formula is C25H41IN6O. The zero-order chi connectivity index (χ0) is 22.6. The second kappa shape index (κ2) is 15.3. The summed E-state index contributed by atoms with van der Waals surface area (Å²) in [6.07, 6.45) is 8.04. The molecule has 2 N–H and O–H groups in total. The van der Waals surface area contributed by atoms with E-state index in [4.69, 9.17) is 9.73 Å². The van der Waals surface area contributed by atoms with Gasteiger partial charge >= 0.3 is 0 Å². The molecular weight excluding hydrogens is 527 g/mol. The van der Waals surface area contributed by atoms with Gasteiger partial charge in [0.15, 0.2) is 5.96 Å². The number of guanidine groups is 1. The van der Waals surface area contributed by atoms with E-state index in [0.29, 0.717) is 18.5 Å². The van der Waals surface area contributed by atoms with Crippen molar-refractivity contribution in [3.05, 3.63) is 54.1 Å². The number of nitrogens with zero attached hydrogens (tertiary/aromatic N) is 4. The Labute approximate surface area is 216 Å². The molecule has 3 rings (SSSR count).